The first-order valence-corrected chi connectivity index (χ1v) is 8.64. The van der Waals surface area contributed by atoms with Gasteiger partial charge in [-0.15, -0.1) is 0 Å². The third kappa shape index (κ3) is 3.98. The van der Waals surface area contributed by atoms with Gasteiger partial charge in [-0.1, -0.05) is 54.4 Å². The molecule has 1 aliphatic rings. The van der Waals surface area contributed by atoms with E-state index in [1.165, 1.54) is 25.3 Å². The van der Waals surface area contributed by atoms with Crippen LogP contribution in [-0.4, -0.2) is 4.83 Å². The summed E-state index contributed by atoms with van der Waals surface area (Å²) in [7, 11) is 0. The van der Waals surface area contributed by atoms with Crippen molar-refractivity contribution in [1.29, 1.82) is 0 Å². The summed E-state index contributed by atoms with van der Waals surface area (Å²) < 4.78 is 13.2. The highest BCUT2D eigenvalue weighted by molar-refractivity contribution is 9.09. The molecule has 0 bridgehead atoms. The fraction of sp³-hybridized carbons (Fsp3) is 0.647. The van der Waals surface area contributed by atoms with Gasteiger partial charge in [0.1, 0.15) is 5.82 Å². The Balaban J connectivity index is 2.08. The quantitative estimate of drug-likeness (QED) is 0.546. The van der Waals surface area contributed by atoms with E-state index < -0.39 is 0 Å². The molecular formula is C17H23BrClF. The van der Waals surface area contributed by atoms with Crippen LogP contribution in [0.1, 0.15) is 45.6 Å². The normalized spacial score (nSPS) is 27.6. The predicted octanol–water partition coefficient (Wildman–Crippen LogP) is 6.25. The Labute approximate surface area is 135 Å². The SMILES string of the molecule is CC(C)(C)C1CCC(Br)C(Cc2ccc(F)c(Cl)c2)C1. The summed E-state index contributed by atoms with van der Waals surface area (Å²) >= 11 is 9.71. The number of halogens is 3. The van der Waals surface area contributed by atoms with Gasteiger partial charge in [-0.2, -0.15) is 0 Å². The molecule has 1 fully saturated rings. The van der Waals surface area contributed by atoms with E-state index in [1.807, 2.05) is 6.07 Å². The summed E-state index contributed by atoms with van der Waals surface area (Å²) in [5, 5.41) is 0.233. The van der Waals surface area contributed by atoms with Gasteiger partial charge in [-0.3, -0.25) is 0 Å². The molecule has 0 nitrogen and oxygen atoms in total. The summed E-state index contributed by atoms with van der Waals surface area (Å²) in [6.07, 6.45) is 4.72. The second-order valence-corrected chi connectivity index (χ2v) is 8.69. The maximum absolute atomic E-state index is 13.2. The van der Waals surface area contributed by atoms with Gasteiger partial charge in [-0.05, 0) is 60.6 Å². The Morgan fingerprint density at radius 1 is 1.30 bits per heavy atom. The molecular weight excluding hydrogens is 339 g/mol. The third-order valence-corrected chi connectivity index (χ3v) is 6.09. The van der Waals surface area contributed by atoms with Crippen molar-refractivity contribution in [3.8, 4) is 0 Å². The van der Waals surface area contributed by atoms with Crippen LogP contribution in [0.5, 0.6) is 0 Å². The van der Waals surface area contributed by atoms with E-state index in [9.17, 15) is 4.39 Å². The molecule has 1 saturated carbocycles. The lowest BCUT2D eigenvalue weighted by molar-refractivity contribution is 0.146. The van der Waals surface area contributed by atoms with Gasteiger partial charge in [0.25, 0.3) is 0 Å². The van der Waals surface area contributed by atoms with Gasteiger partial charge < -0.3 is 0 Å². The molecule has 0 radical (unpaired) electrons. The second-order valence-electron chi connectivity index (χ2n) is 7.10. The van der Waals surface area contributed by atoms with E-state index >= 15 is 0 Å². The molecule has 112 valence electrons. The van der Waals surface area contributed by atoms with E-state index in [4.69, 9.17) is 11.6 Å². The van der Waals surface area contributed by atoms with Gasteiger partial charge in [-0.25, -0.2) is 4.39 Å². The summed E-state index contributed by atoms with van der Waals surface area (Å²) in [6.45, 7) is 6.99. The largest absolute Gasteiger partial charge is 0.205 e. The van der Waals surface area contributed by atoms with E-state index in [-0.39, 0.29) is 10.8 Å². The summed E-state index contributed by atoms with van der Waals surface area (Å²) in [4.78, 5) is 0.560. The Morgan fingerprint density at radius 2 is 2.00 bits per heavy atom. The number of alkyl halides is 1. The van der Waals surface area contributed by atoms with Crippen molar-refractivity contribution < 1.29 is 4.39 Å². The molecule has 3 heteroatoms. The lowest BCUT2D eigenvalue weighted by atomic mass is 9.68. The van der Waals surface area contributed by atoms with Crippen LogP contribution in [-0.2, 0) is 6.42 Å². The number of hydrogen-bond donors (Lipinski definition) is 0. The standard InChI is InChI=1S/C17H23BrClF/c1-17(2,3)13-5-6-14(18)12(10-13)8-11-4-7-16(20)15(19)9-11/h4,7,9,12-14H,5-6,8,10H2,1-3H3. The average Bonchev–Trinajstić information content (AvgIpc) is 2.35. The fourth-order valence-corrected chi connectivity index (χ4v) is 4.06. The summed E-state index contributed by atoms with van der Waals surface area (Å²) in [6, 6.07) is 5.11. The topological polar surface area (TPSA) is 0 Å². The van der Waals surface area contributed by atoms with Crippen LogP contribution in [0.3, 0.4) is 0 Å². The van der Waals surface area contributed by atoms with Crippen molar-refractivity contribution in [3.05, 3.63) is 34.6 Å². The van der Waals surface area contributed by atoms with Gasteiger partial charge in [0.05, 0.1) is 5.02 Å². The zero-order chi connectivity index (χ0) is 14.9. The molecule has 0 spiro atoms. The first kappa shape index (κ1) is 16.3. The maximum atomic E-state index is 13.2. The zero-order valence-electron chi connectivity index (χ0n) is 12.4. The lowest BCUT2D eigenvalue weighted by Gasteiger charge is -2.40. The highest BCUT2D eigenvalue weighted by Gasteiger charge is 2.34. The Bertz CT molecular complexity index is 467. The van der Waals surface area contributed by atoms with Gasteiger partial charge in [0.15, 0.2) is 0 Å². The van der Waals surface area contributed by atoms with Crippen molar-refractivity contribution in [1.82, 2.24) is 0 Å². The monoisotopic (exact) mass is 360 g/mol. The molecule has 3 atom stereocenters. The van der Waals surface area contributed by atoms with Crippen LogP contribution in [0.4, 0.5) is 4.39 Å². The Morgan fingerprint density at radius 3 is 2.60 bits per heavy atom. The maximum Gasteiger partial charge on any atom is 0.141 e. The molecule has 0 aromatic heterocycles. The van der Waals surface area contributed by atoms with Crippen LogP contribution in [0.15, 0.2) is 18.2 Å². The van der Waals surface area contributed by atoms with Crippen LogP contribution in [0.25, 0.3) is 0 Å². The first-order chi connectivity index (χ1) is 9.27. The highest BCUT2D eigenvalue weighted by Crippen LogP contribution is 2.43. The van der Waals surface area contributed by atoms with Crippen molar-refractivity contribution in [2.24, 2.45) is 17.3 Å². The van der Waals surface area contributed by atoms with Crippen molar-refractivity contribution in [2.45, 2.75) is 51.3 Å². The molecule has 20 heavy (non-hydrogen) atoms. The predicted molar refractivity (Wildman–Crippen MR) is 88.1 cm³/mol. The Kier molecular flexibility index (Phi) is 5.18. The van der Waals surface area contributed by atoms with E-state index in [0.717, 1.165) is 17.9 Å². The summed E-state index contributed by atoms with van der Waals surface area (Å²) in [5.74, 6) is 1.04. The van der Waals surface area contributed by atoms with Gasteiger partial charge in [0, 0.05) is 4.83 Å². The minimum absolute atomic E-state index is 0.233. The first-order valence-electron chi connectivity index (χ1n) is 7.35. The van der Waals surface area contributed by atoms with Crippen LogP contribution < -0.4 is 0 Å². The lowest BCUT2D eigenvalue weighted by Crippen LogP contribution is -2.33. The molecule has 0 amide bonds. The molecule has 0 aliphatic heterocycles. The number of benzene rings is 1. The molecule has 0 heterocycles. The molecule has 1 aromatic rings. The van der Waals surface area contributed by atoms with Crippen molar-refractivity contribution in [2.75, 3.05) is 0 Å². The molecule has 3 unspecified atom stereocenters. The molecule has 1 aromatic carbocycles. The number of rotatable bonds is 2. The summed E-state index contributed by atoms with van der Waals surface area (Å²) in [5.41, 5.74) is 1.51. The second kappa shape index (κ2) is 6.36. The van der Waals surface area contributed by atoms with Crippen LogP contribution in [0, 0.1) is 23.1 Å². The molecule has 0 N–H and O–H groups in total. The smallest absolute Gasteiger partial charge is 0.141 e. The van der Waals surface area contributed by atoms with Crippen molar-refractivity contribution in [3.63, 3.8) is 0 Å². The molecule has 0 saturated heterocycles. The number of hydrogen-bond acceptors (Lipinski definition) is 0. The van der Waals surface area contributed by atoms with Gasteiger partial charge >= 0.3 is 0 Å². The highest BCUT2D eigenvalue weighted by atomic mass is 79.9. The molecule has 2 rings (SSSR count). The van der Waals surface area contributed by atoms with Gasteiger partial charge in [0.2, 0.25) is 0 Å². The Hall–Kier alpha value is -0.0800. The van der Waals surface area contributed by atoms with Crippen LogP contribution >= 0.6 is 27.5 Å². The minimum Gasteiger partial charge on any atom is -0.205 e. The zero-order valence-corrected chi connectivity index (χ0v) is 14.8. The van der Waals surface area contributed by atoms with Crippen molar-refractivity contribution >= 4 is 27.5 Å². The van der Waals surface area contributed by atoms with Crippen LogP contribution in [0.2, 0.25) is 5.02 Å². The third-order valence-electron chi connectivity index (χ3n) is 4.60. The fourth-order valence-electron chi connectivity index (χ4n) is 3.19. The molecule has 1 aliphatic carbocycles. The average molecular weight is 362 g/mol. The van der Waals surface area contributed by atoms with E-state index in [2.05, 4.69) is 36.7 Å². The van der Waals surface area contributed by atoms with E-state index in [0.29, 0.717) is 16.2 Å². The van der Waals surface area contributed by atoms with E-state index in [1.54, 1.807) is 6.07 Å². The minimum atomic E-state index is -0.331.